The summed E-state index contributed by atoms with van der Waals surface area (Å²) >= 11 is 0. The van der Waals surface area contributed by atoms with Crippen molar-refractivity contribution in [3.8, 4) is 5.75 Å². The van der Waals surface area contributed by atoms with Gasteiger partial charge in [0.05, 0.1) is 25.4 Å². The van der Waals surface area contributed by atoms with Gasteiger partial charge in [0.15, 0.2) is 5.96 Å². The fraction of sp³-hybridized carbons (Fsp3) is 0.592. The molecule has 28 heteroatoms. The Morgan fingerprint density at radius 3 is 1.88 bits per heavy atom. The first kappa shape index (κ1) is 63.4. The second kappa shape index (κ2) is 30.6. The largest absolute Gasteiger partial charge is 0.508 e. The topological polar surface area (TPSA) is 458 Å². The van der Waals surface area contributed by atoms with E-state index < -0.39 is 138 Å². The van der Waals surface area contributed by atoms with E-state index in [1.54, 1.807) is 41.5 Å². The number of benzene rings is 1. The van der Waals surface area contributed by atoms with Crippen LogP contribution in [0.25, 0.3) is 0 Å². The summed E-state index contributed by atoms with van der Waals surface area (Å²) in [6, 6.07) is -7.15. The third-order valence-corrected chi connectivity index (χ3v) is 12.9. The van der Waals surface area contributed by atoms with E-state index in [2.05, 4.69) is 52.2 Å². The zero-order valence-corrected chi connectivity index (χ0v) is 44.1. The van der Waals surface area contributed by atoms with E-state index in [4.69, 9.17) is 17.2 Å². The molecule has 10 atom stereocenters. The first-order valence-corrected chi connectivity index (χ1v) is 25.3. The second-order valence-electron chi connectivity index (χ2n) is 19.6. The van der Waals surface area contributed by atoms with Crippen LogP contribution in [0.15, 0.2) is 41.8 Å². The summed E-state index contributed by atoms with van der Waals surface area (Å²) < 4.78 is 0. The predicted molar refractivity (Wildman–Crippen MR) is 276 cm³/mol. The Morgan fingerprint density at radius 1 is 0.740 bits per heavy atom. The molecular weight excluding hydrogens is 1010 g/mol. The fourth-order valence-corrected chi connectivity index (χ4v) is 8.10. The molecule has 3 rings (SSSR count). The molecule has 8 amide bonds. The van der Waals surface area contributed by atoms with Gasteiger partial charge in [0.1, 0.15) is 54.1 Å². The van der Waals surface area contributed by atoms with Gasteiger partial charge in [-0.15, -0.1) is 0 Å². The molecule has 0 aliphatic carbocycles. The van der Waals surface area contributed by atoms with Crippen LogP contribution in [0.5, 0.6) is 5.75 Å². The Hall–Kier alpha value is -7.88. The number of nitrogens with one attached hydrogen (secondary N) is 8. The Bertz CT molecular complexity index is 2380. The number of nitrogens with two attached hydrogens (primary N) is 3. The smallest absolute Gasteiger partial charge is 0.326 e. The number of likely N-dealkylation sites (tertiary alicyclic amines) is 1. The molecule has 0 radical (unpaired) electrons. The monoisotopic (exact) mass is 1080 g/mol. The van der Waals surface area contributed by atoms with Gasteiger partial charge >= 0.3 is 11.9 Å². The van der Waals surface area contributed by atoms with Crippen LogP contribution >= 0.6 is 0 Å². The number of phenolic OH excluding ortho intramolecular Hbond substituents is 1. The molecule has 18 N–H and O–H groups in total. The van der Waals surface area contributed by atoms with Gasteiger partial charge in [0.2, 0.25) is 47.3 Å². The molecule has 0 saturated carbocycles. The first-order valence-electron chi connectivity index (χ1n) is 25.3. The Morgan fingerprint density at radius 2 is 1.32 bits per heavy atom. The number of aliphatic hydroxyl groups excluding tert-OH is 1. The standard InChI is InChI=1S/C49H76N14O14/c1-7-26(6)39(47(75)63-17-9-11-35(63)44(72)59-33(48(76)77)19-28-21-53-23-55-28)62-43(71)34(22-64)60-42(70)32(20-36(66)67)57-40(68)30(10-8-16-54-49(51)52)56-41(69)31(18-27-12-14-29(65)15-13-27)58-46(74)38(25(4)5)61-45(73)37(50)24(2)3/h12-15,21,23-26,30-35,37-39,64-65H,7-11,16-20,22,50H2,1-6H3,(H,53,55)(H,56,69)(H,57,68)(H,58,74)(H,59,72)(H,60,70)(H,61,73)(H,62,71)(H,66,67)(H,76,77)(H4,51,52,54)/t26-,30-,31-,32-,33-,34-,35-,37-,38-,39-/m0/s1. The summed E-state index contributed by atoms with van der Waals surface area (Å²) in [4.78, 5) is 147. The maximum Gasteiger partial charge on any atom is 0.326 e. The highest BCUT2D eigenvalue weighted by Crippen LogP contribution is 2.22. The lowest BCUT2D eigenvalue weighted by Gasteiger charge is -2.32. The van der Waals surface area contributed by atoms with Gasteiger partial charge in [-0.2, -0.15) is 0 Å². The number of nitrogens with zero attached hydrogens (tertiary/aromatic N) is 3. The minimum Gasteiger partial charge on any atom is -0.508 e. The Labute approximate surface area is 445 Å². The van der Waals surface area contributed by atoms with Crippen molar-refractivity contribution >= 4 is 65.2 Å². The van der Waals surface area contributed by atoms with Gasteiger partial charge in [-0.3, -0.25) is 48.1 Å². The summed E-state index contributed by atoms with van der Waals surface area (Å²) in [5.74, 6) is -12.0. The highest BCUT2D eigenvalue weighted by atomic mass is 16.4. The number of phenols is 1. The number of carboxylic acids is 2. The molecule has 2 aromatic rings. The number of guanidine groups is 1. The third kappa shape index (κ3) is 20.0. The number of aliphatic hydroxyl groups is 1. The molecule has 0 unspecified atom stereocenters. The first-order chi connectivity index (χ1) is 36.3. The second-order valence-corrected chi connectivity index (χ2v) is 19.6. The van der Waals surface area contributed by atoms with Crippen LogP contribution in [0.1, 0.15) is 91.3 Å². The van der Waals surface area contributed by atoms with Crippen molar-refractivity contribution in [2.45, 2.75) is 147 Å². The molecule has 0 spiro atoms. The van der Waals surface area contributed by atoms with Crippen molar-refractivity contribution in [1.29, 1.82) is 0 Å². The molecule has 426 valence electrons. The number of aromatic hydroxyl groups is 1. The van der Waals surface area contributed by atoms with Crippen LogP contribution < -0.4 is 54.4 Å². The molecule has 1 fully saturated rings. The maximum atomic E-state index is 14.3. The highest BCUT2D eigenvalue weighted by molar-refractivity contribution is 5.99. The van der Waals surface area contributed by atoms with E-state index >= 15 is 0 Å². The van der Waals surface area contributed by atoms with E-state index in [0.29, 0.717) is 24.1 Å². The number of hydrogen-bond donors (Lipinski definition) is 15. The number of imidazole rings is 1. The zero-order valence-electron chi connectivity index (χ0n) is 44.1. The number of carbonyl (C=O) groups is 10. The molecule has 1 saturated heterocycles. The molecule has 1 aromatic carbocycles. The van der Waals surface area contributed by atoms with E-state index in [-0.39, 0.29) is 62.8 Å². The molecule has 1 aromatic heterocycles. The average molecular weight is 1090 g/mol. The summed E-state index contributed by atoms with van der Waals surface area (Å²) in [5.41, 5.74) is 17.9. The van der Waals surface area contributed by atoms with Crippen LogP contribution in [0, 0.1) is 17.8 Å². The summed E-state index contributed by atoms with van der Waals surface area (Å²) in [6.45, 7) is 9.04. The summed E-state index contributed by atoms with van der Waals surface area (Å²) in [5, 5.41) is 57.3. The van der Waals surface area contributed by atoms with E-state index in [1.165, 1.54) is 41.7 Å². The number of aromatic nitrogens is 2. The van der Waals surface area contributed by atoms with Crippen molar-refractivity contribution in [2.24, 2.45) is 39.9 Å². The summed E-state index contributed by atoms with van der Waals surface area (Å²) in [7, 11) is 0. The van der Waals surface area contributed by atoms with Crippen LogP contribution in [0.2, 0.25) is 0 Å². The maximum absolute atomic E-state index is 14.3. The van der Waals surface area contributed by atoms with Gasteiger partial charge in [-0.25, -0.2) is 9.78 Å². The SMILES string of the molecule is CC[C@H](C)[C@H](NC(=O)[C@H](CO)NC(=O)[C@H](CC(=O)O)NC(=O)[C@H](CCCN=C(N)N)NC(=O)[C@H](Cc1ccc(O)cc1)NC(=O)[C@@H](NC(=O)[C@@H](N)C(C)C)C(C)C)C(=O)N1CCC[C@H]1C(=O)N[C@@H](Cc1cnc[nH]1)C(=O)O. The predicted octanol–water partition coefficient (Wildman–Crippen LogP) is -3.42. The molecule has 77 heavy (non-hydrogen) atoms. The van der Waals surface area contributed by atoms with E-state index in [0.717, 1.165) is 0 Å². The number of H-pyrrole nitrogens is 1. The van der Waals surface area contributed by atoms with Gasteiger partial charge in [0, 0.05) is 37.8 Å². The van der Waals surface area contributed by atoms with Crippen molar-refractivity contribution < 1.29 is 68.4 Å². The van der Waals surface area contributed by atoms with Gasteiger partial charge < -0.3 is 84.7 Å². The molecule has 28 nitrogen and oxygen atoms in total. The van der Waals surface area contributed by atoms with Gasteiger partial charge in [0.25, 0.3) is 0 Å². The zero-order chi connectivity index (χ0) is 57.7. The highest BCUT2D eigenvalue weighted by Gasteiger charge is 2.42. The average Bonchev–Trinajstić information content (AvgIpc) is 4.09. The van der Waals surface area contributed by atoms with Gasteiger partial charge in [-0.1, -0.05) is 60.1 Å². The number of carboxylic acid groups (broad SMARTS) is 2. The lowest BCUT2D eigenvalue weighted by Crippen LogP contribution is -2.62. The van der Waals surface area contributed by atoms with Crippen LogP contribution in [-0.2, 0) is 60.8 Å². The van der Waals surface area contributed by atoms with Crippen LogP contribution in [0.3, 0.4) is 0 Å². The number of aliphatic imine (C=N–C) groups is 1. The molecular formula is C49H76N14O14. The van der Waals surface area contributed by atoms with Crippen molar-refractivity contribution in [3.63, 3.8) is 0 Å². The number of hydrogen-bond acceptors (Lipinski definition) is 15. The molecule has 1 aliphatic rings. The van der Waals surface area contributed by atoms with Crippen molar-refractivity contribution in [1.82, 2.24) is 52.1 Å². The lowest BCUT2D eigenvalue weighted by atomic mass is 9.96. The van der Waals surface area contributed by atoms with Crippen molar-refractivity contribution in [3.05, 3.63) is 48.0 Å². The fourth-order valence-electron chi connectivity index (χ4n) is 8.10. The lowest BCUT2D eigenvalue weighted by molar-refractivity contribution is -0.145. The Kier molecular flexibility index (Phi) is 25.2. The number of rotatable bonds is 31. The normalized spacial score (nSPS) is 16.7. The Balaban J connectivity index is 1.87. The molecule has 1 aliphatic heterocycles. The van der Waals surface area contributed by atoms with Crippen LogP contribution in [0.4, 0.5) is 0 Å². The molecule has 0 bridgehead atoms. The minimum absolute atomic E-state index is 0.0269. The van der Waals surface area contributed by atoms with E-state index in [1.807, 2.05) is 0 Å². The minimum atomic E-state index is -1.96. The number of carbonyl (C=O) groups excluding carboxylic acids is 8. The third-order valence-electron chi connectivity index (χ3n) is 12.9. The number of amides is 8. The van der Waals surface area contributed by atoms with Crippen molar-refractivity contribution in [2.75, 3.05) is 19.7 Å². The van der Waals surface area contributed by atoms with Gasteiger partial charge in [-0.05, 0) is 61.1 Å². The number of aliphatic carboxylic acids is 2. The number of aromatic amines is 1. The quantitative estimate of drug-likeness (QED) is 0.0199. The summed E-state index contributed by atoms with van der Waals surface area (Å²) in [6.07, 6.45) is 1.98. The van der Waals surface area contributed by atoms with E-state index in [9.17, 15) is 68.4 Å². The molecule has 2 heterocycles. The van der Waals surface area contributed by atoms with Crippen LogP contribution in [-0.4, -0.2) is 175 Å².